The van der Waals surface area contributed by atoms with Gasteiger partial charge in [0.2, 0.25) is 0 Å². The first-order valence-corrected chi connectivity index (χ1v) is 8.93. The van der Waals surface area contributed by atoms with Gasteiger partial charge in [-0.05, 0) is 38.6 Å². The van der Waals surface area contributed by atoms with Gasteiger partial charge in [-0.1, -0.05) is 57.0 Å². The maximum Gasteiger partial charge on any atom is 0.163 e. The van der Waals surface area contributed by atoms with Gasteiger partial charge < -0.3 is 9.47 Å². The number of azide groups is 1. The van der Waals surface area contributed by atoms with Gasteiger partial charge in [0, 0.05) is 11.0 Å². The molecular weight excluding hydrogens is 278 g/mol. The number of ether oxygens (including phenoxy) is 2. The van der Waals surface area contributed by atoms with E-state index in [0.717, 1.165) is 25.7 Å². The average molecular weight is 311 g/mol. The third-order valence-corrected chi connectivity index (χ3v) is 4.25. The molecule has 0 amide bonds. The monoisotopic (exact) mass is 311 g/mol. The minimum absolute atomic E-state index is 0.105. The van der Waals surface area contributed by atoms with Gasteiger partial charge in [0.15, 0.2) is 5.79 Å². The van der Waals surface area contributed by atoms with Crippen LogP contribution in [0.4, 0.5) is 0 Å². The highest BCUT2D eigenvalue weighted by molar-refractivity contribution is 4.75. The van der Waals surface area contributed by atoms with Gasteiger partial charge in [-0.2, -0.15) is 0 Å². The second-order valence-electron chi connectivity index (χ2n) is 6.80. The van der Waals surface area contributed by atoms with Crippen LogP contribution in [0.3, 0.4) is 0 Å². The van der Waals surface area contributed by atoms with Crippen molar-refractivity contribution in [2.75, 3.05) is 6.61 Å². The molecule has 0 aliphatic carbocycles. The molecule has 0 N–H and O–H groups in total. The summed E-state index contributed by atoms with van der Waals surface area (Å²) in [6, 6.07) is 0.105. The van der Waals surface area contributed by atoms with Gasteiger partial charge in [-0.3, -0.25) is 0 Å². The second kappa shape index (κ2) is 10.9. The molecule has 0 aromatic carbocycles. The van der Waals surface area contributed by atoms with Crippen LogP contribution in [-0.4, -0.2) is 24.5 Å². The molecule has 0 spiro atoms. The Morgan fingerprint density at radius 3 is 2.41 bits per heavy atom. The van der Waals surface area contributed by atoms with Gasteiger partial charge >= 0.3 is 0 Å². The molecule has 1 saturated heterocycles. The zero-order valence-electron chi connectivity index (χ0n) is 14.6. The van der Waals surface area contributed by atoms with Crippen molar-refractivity contribution in [2.24, 2.45) is 5.11 Å². The SMILES string of the molecule is CCCCCCCCCC(CCC1COC(C)(C)O1)N=[N+]=[N-]. The van der Waals surface area contributed by atoms with Crippen LogP contribution in [0.1, 0.15) is 85.0 Å². The third kappa shape index (κ3) is 8.62. The highest BCUT2D eigenvalue weighted by Crippen LogP contribution is 2.26. The van der Waals surface area contributed by atoms with Crippen LogP contribution in [0.25, 0.3) is 10.4 Å². The van der Waals surface area contributed by atoms with Crippen molar-refractivity contribution >= 4 is 0 Å². The molecule has 5 heteroatoms. The van der Waals surface area contributed by atoms with Crippen molar-refractivity contribution in [3.05, 3.63) is 10.4 Å². The number of unbranched alkanes of at least 4 members (excludes halogenated alkanes) is 6. The van der Waals surface area contributed by atoms with E-state index in [1.165, 1.54) is 38.5 Å². The zero-order valence-corrected chi connectivity index (χ0v) is 14.6. The summed E-state index contributed by atoms with van der Waals surface area (Å²) in [4.78, 5) is 3.00. The maximum atomic E-state index is 8.71. The van der Waals surface area contributed by atoms with Crippen LogP contribution in [0, 0.1) is 0 Å². The van der Waals surface area contributed by atoms with Crippen LogP contribution < -0.4 is 0 Å². The van der Waals surface area contributed by atoms with E-state index < -0.39 is 5.79 Å². The molecule has 128 valence electrons. The molecule has 1 aliphatic heterocycles. The second-order valence-corrected chi connectivity index (χ2v) is 6.80. The van der Waals surface area contributed by atoms with E-state index in [-0.39, 0.29) is 12.1 Å². The van der Waals surface area contributed by atoms with Crippen LogP contribution >= 0.6 is 0 Å². The molecule has 1 heterocycles. The van der Waals surface area contributed by atoms with Gasteiger partial charge in [-0.25, -0.2) is 0 Å². The van der Waals surface area contributed by atoms with Gasteiger partial charge in [-0.15, -0.1) is 0 Å². The molecule has 0 aromatic rings. The molecule has 2 atom stereocenters. The predicted molar refractivity (Wildman–Crippen MR) is 89.7 cm³/mol. The van der Waals surface area contributed by atoms with Crippen molar-refractivity contribution in [3.63, 3.8) is 0 Å². The smallest absolute Gasteiger partial charge is 0.163 e. The molecule has 0 bridgehead atoms. The molecular formula is C17H33N3O2. The van der Waals surface area contributed by atoms with E-state index in [0.29, 0.717) is 6.61 Å². The van der Waals surface area contributed by atoms with Gasteiger partial charge in [0.05, 0.1) is 12.7 Å². The summed E-state index contributed by atoms with van der Waals surface area (Å²) >= 11 is 0. The summed E-state index contributed by atoms with van der Waals surface area (Å²) in [5, 5.41) is 3.95. The largest absolute Gasteiger partial charge is 0.348 e. The Bertz CT molecular complexity index is 341. The molecule has 1 aliphatic rings. The van der Waals surface area contributed by atoms with Crippen LogP contribution in [-0.2, 0) is 9.47 Å². The van der Waals surface area contributed by atoms with Crippen molar-refractivity contribution in [1.82, 2.24) is 0 Å². The zero-order chi connectivity index (χ0) is 16.3. The Hall–Kier alpha value is -0.770. The van der Waals surface area contributed by atoms with Crippen molar-refractivity contribution in [2.45, 2.75) is 103 Å². The fourth-order valence-corrected chi connectivity index (χ4v) is 2.95. The minimum atomic E-state index is -0.461. The lowest BCUT2D eigenvalue weighted by molar-refractivity contribution is -0.139. The summed E-state index contributed by atoms with van der Waals surface area (Å²) in [7, 11) is 0. The van der Waals surface area contributed by atoms with Crippen molar-refractivity contribution in [3.8, 4) is 0 Å². The Kier molecular flexibility index (Phi) is 9.53. The fraction of sp³-hybridized carbons (Fsp3) is 1.00. The lowest BCUT2D eigenvalue weighted by Crippen LogP contribution is -2.22. The van der Waals surface area contributed by atoms with Crippen LogP contribution in [0.5, 0.6) is 0 Å². The van der Waals surface area contributed by atoms with E-state index in [2.05, 4.69) is 16.9 Å². The molecule has 1 rings (SSSR count). The summed E-state index contributed by atoms with van der Waals surface area (Å²) in [5.74, 6) is -0.461. The van der Waals surface area contributed by atoms with Crippen molar-refractivity contribution in [1.29, 1.82) is 0 Å². The minimum Gasteiger partial charge on any atom is -0.348 e. The van der Waals surface area contributed by atoms with E-state index >= 15 is 0 Å². The third-order valence-electron chi connectivity index (χ3n) is 4.25. The predicted octanol–water partition coefficient (Wildman–Crippen LogP) is 5.74. The quantitative estimate of drug-likeness (QED) is 0.200. The summed E-state index contributed by atoms with van der Waals surface area (Å²) < 4.78 is 11.4. The first-order chi connectivity index (χ1) is 10.6. The van der Waals surface area contributed by atoms with E-state index in [1.807, 2.05) is 13.8 Å². The normalized spacial score (nSPS) is 21.5. The highest BCUT2D eigenvalue weighted by atomic mass is 16.7. The maximum absolute atomic E-state index is 8.71. The Morgan fingerprint density at radius 2 is 1.82 bits per heavy atom. The fourth-order valence-electron chi connectivity index (χ4n) is 2.95. The van der Waals surface area contributed by atoms with Gasteiger partial charge in [0.25, 0.3) is 0 Å². The highest BCUT2D eigenvalue weighted by Gasteiger charge is 2.32. The molecule has 22 heavy (non-hydrogen) atoms. The van der Waals surface area contributed by atoms with E-state index in [4.69, 9.17) is 15.0 Å². The number of hydrogen-bond acceptors (Lipinski definition) is 3. The Labute approximate surface area is 135 Å². The lowest BCUT2D eigenvalue weighted by atomic mass is 10.0. The average Bonchev–Trinajstić information content (AvgIpc) is 2.83. The van der Waals surface area contributed by atoms with Gasteiger partial charge in [0.1, 0.15) is 0 Å². The first kappa shape index (κ1) is 19.3. The number of nitrogens with zero attached hydrogens (tertiary/aromatic N) is 3. The summed E-state index contributed by atoms with van der Waals surface area (Å²) in [6.07, 6.45) is 12.0. The topological polar surface area (TPSA) is 67.2 Å². The Balaban J connectivity index is 2.13. The number of rotatable bonds is 12. The summed E-state index contributed by atoms with van der Waals surface area (Å²) in [5.41, 5.74) is 8.71. The first-order valence-electron chi connectivity index (χ1n) is 8.93. The van der Waals surface area contributed by atoms with Crippen LogP contribution in [0.15, 0.2) is 5.11 Å². The standard InChI is InChI=1S/C17H33N3O2/c1-4-5-6-7-8-9-10-11-15(19-20-18)12-13-16-14-21-17(2,3)22-16/h15-16H,4-14H2,1-3H3. The lowest BCUT2D eigenvalue weighted by Gasteiger charge is -2.18. The summed E-state index contributed by atoms with van der Waals surface area (Å²) in [6.45, 7) is 6.77. The molecule has 0 saturated carbocycles. The van der Waals surface area contributed by atoms with E-state index in [9.17, 15) is 0 Å². The molecule has 0 radical (unpaired) electrons. The molecule has 2 unspecified atom stereocenters. The van der Waals surface area contributed by atoms with E-state index in [1.54, 1.807) is 0 Å². The Morgan fingerprint density at radius 1 is 1.14 bits per heavy atom. The molecule has 1 fully saturated rings. The molecule has 0 aromatic heterocycles. The van der Waals surface area contributed by atoms with Crippen molar-refractivity contribution < 1.29 is 9.47 Å². The molecule has 5 nitrogen and oxygen atoms in total. The number of hydrogen-bond donors (Lipinski definition) is 0. The van der Waals surface area contributed by atoms with Crippen LogP contribution in [0.2, 0.25) is 0 Å².